The fraction of sp³-hybridized carbons (Fsp3) is 1.00. The number of nitrogens with one attached hydrogen (secondary N) is 1. The number of aliphatic hydroxyl groups excluding tert-OH is 1. The van der Waals surface area contributed by atoms with Crippen LogP contribution in [0.25, 0.3) is 0 Å². The third kappa shape index (κ3) is 5.25. The van der Waals surface area contributed by atoms with Crippen LogP contribution in [0, 0.1) is 11.3 Å². The van der Waals surface area contributed by atoms with Gasteiger partial charge in [-0.3, -0.25) is 0 Å². The molecule has 2 N–H and O–H groups in total. The van der Waals surface area contributed by atoms with Crippen molar-refractivity contribution >= 4 is 0 Å². The zero-order chi connectivity index (χ0) is 13.6. The summed E-state index contributed by atoms with van der Waals surface area (Å²) in [4.78, 5) is 2.57. The zero-order valence-electron chi connectivity index (χ0n) is 12.7. The Hall–Kier alpha value is -0.120. The average Bonchev–Trinajstić information content (AvgIpc) is 2.74. The second kappa shape index (κ2) is 7.46. The Morgan fingerprint density at radius 1 is 1.39 bits per heavy atom. The van der Waals surface area contributed by atoms with E-state index in [1.807, 2.05) is 0 Å². The van der Waals surface area contributed by atoms with Gasteiger partial charge in [-0.1, -0.05) is 27.7 Å². The van der Waals surface area contributed by atoms with Crippen LogP contribution in [0.15, 0.2) is 0 Å². The van der Waals surface area contributed by atoms with E-state index in [0.717, 1.165) is 31.8 Å². The van der Waals surface area contributed by atoms with Crippen molar-refractivity contribution < 1.29 is 5.11 Å². The molecule has 0 aromatic rings. The molecule has 2 atom stereocenters. The maximum atomic E-state index is 9.13. The van der Waals surface area contributed by atoms with Gasteiger partial charge in [0.2, 0.25) is 0 Å². The quantitative estimate of drug-likeness (QED) is 0.732. The first kappa shape index (κ1) is 15.9. The topological polar surface area (TPSA) is 35.5 Å². The summed E-state index contributed by atoms with van der Waals surface area (Å²) in [5.74, 6) is 0.818. The minimum atomic E-state index is 0.290. The van der Waals surface area contributed by atoms with Crippen LogP contribution in [0.5, 0.6) is 0 Å². The number of rotatable bonds is 7. The Balaban J connectivity index is 2.36. The van der Waals surface area contributed by atoms with Crippen molar-refractivity contribution in [3.05, 3.63) is 0 Å². The van der Waals surface area contributed by atoms with Crippen molar-refractivity contribution in [2.75, 3.05) is 32.8 Å². The maximum absolute atomic E-state index is 9.13. The molecule has 1 saturated heterocycles. The van der Waals surface area contributed by atoms with Crippen molar-refractivity contribution in [2.24, 2.45) is 11.3 Å². The normalized spacial score (nSPS) is 23.5. The highest BCUT2D eigenvalue weighted by atomic mass is 16.3. The second-order valence-electron chi connectivity index (χ2n) is 6.77. The Bertz CT molecular complexity index is 225. The molecule has 0 aliphatic carbocycles. The van der Waals surface area contributed by atoms with Gasteiger partial charge in [0.25, 0.3) is 0 Å². The predicted octanol–water partition coefficient (Wildman–Crippen LogP) is 2.10. The first-order valence-electron chi connectivity index (χ1n) is 7.54. The summed E-state index contributed by atoms with van der Waals surface area (Å²) in [6.07, 6.45) is 3.35. The highest BCUT2D eigenvalue weighted by molar-refractivity contribution is 4.85. The molecular formula is C15H32N2O. The summed E-state index contributed by atoms with van der Waals surface area (Å²) in [7, 11) is 0. The largest absolute Gasteiger partial charge is 0.396 e. The van der Waals surface area contributed by atoms with Crippen LogP contribution >= 0.6 is 0 Å². The number of nitrogens with zero attached hydrogens (tertiary/aromatic N) is 1. The molecule has 1 rings (SSSR count). The molecule has 1 aliphatic heterocycles. The third-order valence-electron chi connectivity index (χ3n) is 4.14. The minimum Gasteiger partial charge on any atom is -0.396 e. The van der Waals surface area contributed by atoms with Crippen molar-refractivity contribution in [1.29, 1.82) is 0 Å². The van der Waals surface area contributed by atoms with Gasteiger partial charge < -0.3 is 15.3 Å². The fourth-order valence-corrected chi connectivity index (χ4v) is 2.78. The van der Waals surface area contributed by atoms with E-state index in [1.165, 1.54) is 19.5 Å². The summed E-state index contributed by atoms with van der Waals surface area (Å²) in [6.45, 7) is 14.1. The Kier molecular flexibility index (Phi) is 6.61. The lowest BCUT2D eigenvalue weighted by molar-refractivity contribution is 0.203. The van der Waals surface area contributed by atoms with E-state index in [1.54, 1.807) is 0 Å². The number of likely N-dealkylation sites (tertiary alicyclic amines) is 1. The van der Waals surface area contributed by atoms with Gasteiger partial charge in [0.05, 0.1) is 0 Å². The van der Waals surface area contributed by atoms with Gasteiger partial charge in [0.15, 0.2) is 0 Å². The molecular weight excluding hydrogens is 224 g/mol. The lowest BCUT2D eigenvalue weighted by atomic mass is 9.80. The highest BCUT2D eigenvalue weighted by Gasteiger charge is 2.32. The van der Waals surface area contributed by atoms with Crippen LogP contribution in [-0.2, 0) is 0 Å². The van der Waals surface area contributed by atoms with Crippen LogP contribution in [0.1, 0.15) is 47.0 Å². The molecule has 0 saturated carbocycles. The summed E-state index contributed by atoms with van der Waals surface area (Å²) in [5.41, 5.74) is 0.429. The van der Waals surface area contributed by atoms with E-state index in [9.17, 15) is 0 Å². The minimum absolute atomic E-state index is 0.290. The molecule has 1 fully saturated rings. The standard InChI is InChI=1S/C15H32N2O/c1-5-8-16-14(7-10-18)12-17-9-6-13(11-17)15(2,3)4/h13-14,16,18H,5-12H2,1-4H3. The van der Waals surface area contributed by atoms with Crippen molar-refractivity contribution in [3.8, 4) is 0 Å². The maximum Gasteiger partial charge on any atom is 0.0446 e. The second-order valence-corrected chi connectivity index (χ2v) is 6.77. The summed E-state index contributed by atoms with van der Waals surface area (Å²) < 4.78 is 0. The van der Waals surface area contributed by atoms with Gasteiger partial charge in [-0.25, -0.2) is 0 Å². The third-order valence-corrected chi connectivity index (χ3v) is 4.14. The first-order chi connectivity index (χ1) is 8.47. The van der Waals surface area contributed by atoms with E-state index in [4.69, 9.17) is 5.11 Å². The van der Waals surface area contributed by atoms with E-state index >= 15 is 0 Å². The van der Waals surface area contributed by atoms with Gasteiger partial charge >= 0.3 is 0 Å². The Labute approximate surface area is 113 Å². The smallest absolute Gasteiger partial charge is 0.0446 e. The van der Waals surface area contributed by atoms with Crippen LogP contribution < -0.4 is 5.32 Å². The average molecular weight is 256 g/mol. The monoisotopic (exact) mass is 256 g/mol. The summed E-state index contributed by atoms with van der Waals surface area (Å²) in [6, 6.07) is 0.452. The molecule has 0 bridgehead atoms. The fourth-order valence-electron chi connectivity index (χ4n) is 2.78. The van der Waals surface area contributed by atoms with E-state index < -0.39 is 0 Å². The first-order valence-corrected chi connectivity index (χ1v) is 7.54. The van der Waals surface area contributed by atoms with Crippen LogP contribution in [-0.4, -0.2) is 48.8 Å². The number of aliphatic hydroxyl groups is 1. The van der Waals surface area contributed by atoms with Gasteiger partial charge in [-0.2, -0.15) is 0 Å². The lowest BCUT2D eigenvalue weighted by Crippen LogP contribution is -2.41. The Morgan fingerprint density at radius 3 is 2.61 bits per heavy atom. The SMILES string of the molecule is CCCNC(CCO)CN1CCC(C(C)(C)C)C1. The van der Waals surface area contributed by atoms with Crippen molar-refractivity contribution in [3.63, 3.8) is 0 Å². The zero-order valence-corrected chi connectivity index (χ0v) is 12.7. The molecule has 2 unspecified atom stereocenters. The molecule has 3 nitrogen and oxygen atoms in total. The van der Waals surface area contributed by atoms with Crippen LogP contribution in [0.4, 0.5) is 0 Å². The van der Waals surface area contributed by atoms with E-state index in [2.05, 4.69) is 37.9 Å². The van der Waals surface area contributed by atoms with Crippen molar-refractivity contribution in [2.45, 2.75) is 53.0 Å². The Morgan fingerprint density at radius 2 is 2.11 bits per heavy atom. The van der Waals surface area contributed by atoms with Crippen LogP contribution in [0.2, 0.25) is 0 Å². The molecule has 3 heteroatoms. The van der Waals surface area contributed by atoms with Gasteiger partial charge in [0, 0.05) is 25.7 Å². The molecule has 108 valence electrons. The van der Waals surface area contributed by atoms with Gasteiger partial charge in [-0.05, 0) is 43.7 Å². The molecule has 1 aliphatic rings. The lowest BCUT2D eigenvalue weighted by Gasteiger charge is -2.28. The van der Waals surface area contributed by atoms with Crippen LogP contribution in [0.3, 0.4) is 0 Å². The predicted molar refractivity (Wildman–Crippen MR) is 77.8 cm³/mol. The molecule has 0 amide bonds. The molecule has 0 spiro atoms. The molecule has 0 aromatic heterocycles. The summed E-state index contributed by atoms with van der Waals surface area (Å²) >= 11 is 0. The molecule has 18 heavy (non-hydrogen) atoms. The van der Waals surface area contributed by atoms with Gasteiger partial charge in [-0.15, -0.1) is 0 Å². The number of hydrogen-bond acceptors (Lipinski definition) is 3. The summed E-state index contributed by atoms with van der Waals surface area (Å²) in [5, 5.41) is 12.7. The van der Waals surface area contributed by atoms with Crippen molar-refractivity contribution in [1.82, 2.24) is 10.2 Å². The van der Waals surface area contributed by atoms with E-state index in [-0.39, 0.29) is 6.61 Å². The highest BCUT2D eigenvalue weighted by Crippen LogP contribution is 2.33. The molecule has 0 radical (unpaired) electrons. The van der Waals surface area contributed by atoms with Gasteiger partial charge in [0.1, 0.15) is 0 Å². The molecule has 1 heterocycles. The number of hydrogen-bond donors (Lipinski definition) is 2. The molecule has 0 aromatic carbocycles. The van der Waals surface area contributed by atoms with E-state index in [0.29, 0.717) is 11.5 Å².